The number of H-pyrrole nitrogens is 1. The Morgan fingerprint density at radius 1 is 1.31 bits per heavy atom. The highest BCUT2D eigenvalue weighted by atomic mass is 79.9. The molecule has 0 bridgehead atoms. The van der Waals surface area contributed by atoms with Crippen molar-refractivity contribution in [2.45, 2.75) is 6.92 Å². The van der Waals surface area contributed by atoms with Gasteiger partial charge in [0.05, 0.1) is 23.8 Å². The van der Waals surface area contributed by atoms with Crippen LogP contribution in [0.1, 0.15) is 11.3 Å². The van der Waals surface area contributed by atoms with E-state index in [1.807, 2.05) is 6.92 Å². The van der Waals surface area contributed by atoms with Crippen LogP contribution in [-0.4, -0.2) is 35.7 Å². The molecule has 29 heavy (non-hydrogen) atoms. The minimum atomic E-state index is -0.454. The average Bonchev–Trinajstić information content (AvgIpc) is 3.01. The number of rotatable bonds is 7. The van der Waals surface area contributed by atoms with Gasteiger partial charge in [0.2, 0.25) is 0 Å². The highest BCUT2D eigenvalue weighted by Gasteiger charge is 2.12. The number of hydrogen-bond acceptors (Lipinski definition) is 6. The van der Waals surface area contributed by atoms with Crippen molar-refractivity contribution in [3.8, 4) is 11.5 Å². The number of nitrogens with one attached hydrogen (secondary N) is 2. The molecular formula is C19H17BrN4O5. The lowest BCUT2D eigenvalue weighted by molar-refractivity contribution is -0.384. The molecule has 9 nitrogen and oxygen atoms in total. The molecular weight excluding hydrogens is 444 g/mol. The maximum absolute atomic E-state index is 12.0. The maximum Gasteiger partial charge on any atom is 0.277 e. The van der Waals surface area contributed by atoms with Crippen LogP contribution in [0.25, 0.3) is 10.9 Å². The van der Waals surface area contributed by atoms with Gasteiger partial charge in [-0.3, -0.25) is 14.9 Å². The van der Waals surface area contributed by atoms with Gasteiger partial charge in [0, 0.05) is 33.2 Å². The fourth-order valence-corrected chi connectivity index (χ4v) is 3.07. The Hall–Kier alpha value is -3.40. The lowest BCUT2D eigenvalue weighted by Crippen LogP contribution is -2.24. The molecule has 0 saturated carbocycles. The Labute approximate surface area is 174 Å². The number of non-ortho nitro benzene ring substituents is 1. The molecule has 0 spiro atoms. The number of carbonyl (C=O) groups excluding carboxylic acids is 1. The van der Waals surface area contributed by atoms with Gasteiger partial charge < -0.3 is 14.5 Å². The minimum absolute atomic E-state index is 0.00365. The van der Waals surface area contributed by atoms with E-state index in [4.69, 9.17) is 9.47 Å². The number of nitro benzene ring substituents is 1. The van der Waals surface area contributed by atoms with Crippen LogP contribution in [0.15, 0.2) is 46.0 Å². The normalized spacial score (nSPS) is 11.0. The van der Waals surface area contributed by atoms with Crippen LogP contribution in [-0.2, 0) is 4.79 Å². The van der Waals surface area contributed by atoms with Gasteiger partial charge in [0.15, 0.2) is 18.1 Å². The van der Waals surface area contributed by atoms with E-state index in [-0.39, 0.29) is 12.3 Å². The van der Waals surface area contributed by atoms with Crippen molar-refractivity contribution in [3.05, 3.63) is 62.2 Å². The van der Waals surface area contributed by atoms with Crippen molar-refractivity contribution in [2.75, 3.05) is 13.7 Å². The van der Waals surface area contributed by atoms with Crippen LogP contribution < -0.4 is 14.9 Å². The minimum Gasteiger partial charge on any atom is -0.493 e. The third-order valence-electron chi connectivity index (χ3n) is 4.10. The highest BCUT2D eigenvalue weighted by molar-refractivity contribution is 9.10. The average molecular weight is 461 g/mol. The highest BCUT2D eigenvalue weighted by Crippen LogP contribution is 2.30. The number of ether oxygens (including phenoxy) is 2. The first-order valence-electron chi connectivity index (χ1n) is 8.44. The van der Waals surface area contributed by atoms with Crippen molar-refractivity contribution < 1.29 is 19.2 Å². The second-order valence-corrected chi connectivity index (χ2v) is 6.94. The number of amides is 1. The smallest absolute Gasteiger partial charge is 0.277 e. The third-order valence-corrected chi connectivity index (χ3v) is 4.59. The van der Waals surface area contributed by atoms with Gasteiger partial charge in [-0.2, -0.15) is 5.10 Å². The maximum atomic E-state index is 12.0. The molecule has 2 aromatic carbocycles. The predicted octanol–water partition coefficient (Wildman–Crippen LogP) is 3.68. The molecule has 0 aliphatic carbocycles. The van der Waals surface area contributed by atoms with Gasteiger partial charge in [-0.05, 0) is 31.2 Å². The van der Waals surface area contributed by atoms with Crippen molar-refractivity contribution in [2.24, 2.45) is 5.10 Å². The van der Waals surface area contributed by atoms with E-state index >= 15 is 0 Å². The second kappa shape index (κ2) is 8.74. The molecule has 0 aliphatic rings. The number of hydrazone groups is 1. The van der Waals surface area contributed by atoms with Crippen molar-refractivity contribution in [1.29, 1.82) is 0 Å². The van der Waals surface area contributed by atoms with Crippen LogP contribution in [0.5, 0.6) is 11.5 Å². The Kier molecular flexibility index (Phi) is 6.13. The Morgan fingerprint density at radius 3 is 2.83 bits per heavy atom. The summed E-state index contributed by atoms with van der Waals surface area (Å²) in [7, 11) is 1.51. The summed E-state index contributed by atoms with van der Waals surface area (Å²) in [4.78, 5) is 25.5. The zero-order chi connectivity index (χ0) is 21.0. The van der Waals surface area contributed by atoms with Gasteiger partial charge in [-0.15, -0.1) is 0 Å². The fraction of sp³-hybridized carbons (Fsp3) is 0.158. The Balaban J connectivity index is 1.64. The summed E-state index contributed by atoms with van der Waals surface area (Å²) in [6.07, 6.45) is 1.48. The molecule has 3 aromatic rings. The predicted molar refractivity (Wildman–Crippen MR) is 112 cm³/mol. The number of methoxy groups -OCH3 is 1. The molecule has 1 amide bonds. The second-order valence-electron chi connectivity index (χ2n) is 6.03. The summed E-state index contributed by atoms with van der Waals surface area (Å²) in [6, 6.07) is 9.72. The number of benzene rings is 2. The fourth-order valence-electron chi connectivity index (χ4n) is 2.73. The number of fused-ring (bicyclic) bond motifs is 1. The molecule has 2 N–H and O–H groups in total. The summed E-state index contributed by atoms with van der Waals surface area (Å²) in [5.74, 6) is 0.488. The number of aromatic amines is 1. The van der Waals surface area contributed by atoms with Gasteiger partial charge in [-0.25, -0.2) is 5.43 Å². The SMILES string of the molecule is COc1cc(Br)ccc1OCC(=O)NN=Cc1c(C)[nH]c2cc([N+](=O)[O-])ccc12. The summed E-state index contributed by atoms with van der Waals surface area (Å²) < 4.78 is 11.5. The van der Waals surface area contributed by atoms with E-state index in [1.54, 1.807) is 24.3 Å². The molecule has 1 aromatic heterocycles. The monoisotopic (exact) mass is 460 g/mol. The number of aromatic nitrogens is 1. The van der Waals surface area contributed by atoms with Crippen molar-refractivity contribution >= 4 is 44.6 Å². The summed E-state index contributed by atoms with van der Waals surface area (Å²) in [6.45, 7) is 1.58. The molecule has 150 valence electrons. The quantitative estimate of drug-likeness (QED) is 0.316. The van der Waals surface area contributed by atoms with E-state index in [1.165, 1.54) is 25.5 Å². The summed E-state index contributed by atoms with van der Waals surface area (Å²) in [5.41, 5.74) is 4.51. The van der Waals surface area contributed by atoms with Crippen molar-refractivity contribution in [3.63, 3.8) is 0 Å². The number of nitrogens with zero attached hydrogens (tertiary/aromatic N) is 2. The number of carbonyl (C=O) groups is 1. The van der Waals surface area contributed by atoms with Gasteiger partial charge in [0.1, 0.15) is 0 Å². The largest absolute Gasteiger partial charge is 0.493 e. The van der Waals surface area contributed by atoms with Crippen LogP contribution in [0.4, 0.5) is 5.69 Å². The molecule has 0 atom stereocenters. The molecule has 0 aliphatic heterocycles. The zero-order valence-electron chi connectivity index (χ0n) is 15.6. The van der Waals surface area contributed by atoms with Gasteiger partial charge >= 0.3 is 0 Å². The van der Waals surface area contributed by atoms with E-state index in [0.29, 0.717) is 17.0 Å². The Morgan fingerprint density at radius 2 is 2.10 bits per heavy atom. The van der Waals surface area contributed by atoms with E-state index in [9.17, 15) is 14.9 Å². The van der Waals surface area contributed by atoms with Crippen LogP contribution in [0.2, 0.25) is 0 Å². The number of hydrogen-bond donors (Lipinski definition) is 2. The molecule has 0 unspecified atom stereocenters. The van der Waals surface area contributed by atoms with E-state index < -0.39 is 10.8 Å². The molecule has 0 fully saturated rings. The first-order valence-corrected chi connectivity index (χ1v) is 9.23. The standard InChI is InChI=1S/C19H17BrN4O5/c1-11-15(14-5-4-13(24(26)27)8-16(14)22-11)9-21-23-19(25)10-29-17-6-3-12(20)7-18(17)28-2/h3-9,22H,10H2,1-2H3,(H,23,25). The molecule has 0 saturated heterocycles. The van der Waals surface area contributed by atoms with Crippen LogP contribution >= 0.6 is 15.9 Å². The first kappa shape index (κ1) is 20.3. The Bertz CT molecular complexity index is 1110. The lowest BCUT2D eigenvalue weighted by atomic mass is 10.1. The topological polar surface area (TPSA) is 119 Å². The van der Waals surface area contributed by atoms with E-state index in [0.717, 1.165) is 21.1 Å². The zero-order valence-corrected chi connectivity index (χ0v) is 17.1. The molecule has 10 heteroatoms. The van der Waals surface area contributed by atoms with Gasteiger partial charge in [0.25, 0.3) is 11.6 Å². The van der Waals surface area contributed by atoms with Crippen LogP contribution in [0.3, 0.4) is 0 Å². The lowest BCUT2D eigenvalue weighted by Gasteiger charge is -2.10. The number of halogens is 1. The summed E-state index contributed by atoms with van der Waals surface area (Å²) in [5, 5.41) is 15.6. The van der Waals surface area contributed by atoms with Crippen LogP contribution in [0, 0.1) is 17.0 Å². The number of nitro groups is 1. The van der Waals surface area contributed by atoms with E-state index in [2.05, 4.69) is 31.4 Å². The molecule has 0 radical (unpaired) electrons. The van der Waals surface area contributed by atoms with Crippen molar-refractivity contribution in [1.82, 2.24) is 10.4 Å². The molecule has 1 heterocycles. The van der Waals surface area contributed by atoms with Gasteiger partial charge in [-0.1, -0.05) is 15.9 Å². The molecule has 3 rings (SSSR count). The number of aryl methyl sites for hydroxylation is 1. The summed E-state index contributed by atoms with van der Waals surface area (Å²) >= 11 is 3.33. The third kappa shape index (κ3) is 4.72. The first-order chi connectivity index (χ1) is 13.9.